The van der Waals surface area contributed by atoms with E-state index >= 15 is 0 Å². The first kappa shape index (κ1) is 19.1. The van der Waals surface area contributed by atoms with Crippen molar-refractivity contribution in [2.45, 2.75) is 12.8 Å². The number of carbonyl (C=O) groups excluding carboxylic acids is 1. The Hall–Kier alpha value is -3.21. The number of H-pyrrole nitrogens is 1. The summed E-state index contributed by atoms with van der Waals surface area (Å²) in [5, 5.41) is 0. The molecule has 1 aliphatic heterocycles. The zero-order chi connectivity index (χ0) is 20.1. The number of ether oxygens (including phenoxy) is 1. The van der Waals surface area contributed by atoms with Crippen molar-refractivity contribution in [3.05, 3.63) is 72.4 Å². The van der Waals surface area contributed by atoms with E-state index < -0.39 is 0 Å². The molecule has 3 aromatic rings. The average molecular weight is 389 g/mol. The molecule has 29 heavy (non-hydrogen) atoms. The van der Waals surface area contributed by atoms with Crippen LogP contribution < -0.4 is 9.64 Å². The van der Waals surface area contributed by atoms with Gasteiger partial charge in [-0.2, -0.15) is 0 Å². The standard InChI is InChI=1S/C24H27N3O2/c1-29-22-11-9-21(10-12-22)26-15-17-27(18-16-26)24(28)14-8-20-7-13-23(25-20)19-5-3-2-4-6-19/h2-7,9-13,25H,8,14-18H2,1H3. The van der Waals surface area contributed by atoms with Crippen LogP contribution in [0.3, 0.4) is 0 Å². The summed E-state index contributed by atoms with van der Waals surface area (Å²) < 4.78 is 5.22. The number of hydrogen-bond acceptors (Lipinski definition) is 3. The minimum absolute atomic E-state index is 0.232. The quantitative estimate of drug-likeness (QED) is 0.694. The third kappa shape index (κ3) is 4.62. The number of amides is 1. The van der Waals surface area contributed by atoms with Crippen molar-refractivity contribution < 1.29 is 9.53 Å². The predicted octanol–water partition coefficient (Wildman–Crippen LogP) is 3.97. The number of aromatic nitrogens is 1. The highest BCUT2D eigenvalue weighted by atomic mass is 16.5. The maximum atomic E-state index is 12.7. The normalized spacial score (nSPS) is 14.1. The molecule has 0 spiro atoms. The smallest absolute Gasteiger partial charge is 0.223 e. The molecule has 2 heterocycles. The third-order valence-corrected chi connectivity index (χ3v) is 5.51. The number of piperazine rings is 1. The van der Waals surface area contributed by atoms with Crippen LogP contribution in [0.15, 0.2) is 66.7 Å². The number of nitrogens with one attached hydrogen (secondary N) is 1. The van der Waals surface area contributed by atoms with Crippen molar-refractivity contribution in [1.82, 2.24) is 9.88 Å². The van der Waals surface area contributed by atoms with E-state index in [1.165, 1.54) is 11.3 Å². The Morgan fingerprint density at radius 3 is 2.34 bits per heavy atom. The average Bonchev–Trinajstić information content (AvgIpc) is 3.27. The summed E-state index contributed by atoms with van der Waals surface area (Å²) in [7, 11) is 1.68. The number of nitrogens with zero attached hydrogens (tertiary/aromatic N) is 2. The molecular weight excluding hydrogens is 362 g/mol. The molecule has 2 aromatic carbocycles. The number of hydrogen-bond donors (Lipinski definition) is 1. The Kier molecular flexibility index (Phi) is 5.84. The van der Waals surface area contributed by atoms with Gasteiger partial charge in [0.25, 0.3) is 0 Å². The SMILES string of the molecule is COc1ccc(N2CCN(C(=O)CCc3ccc(-c4ccccc4)[nH]3)CC2)cc1. The lowest BCUT2D eigenvalue weighted by Gasteiger charge is -2.36. The van der Waals surface area contributed by atoms with E-state index in [-0.39, 0.29) is 5.91 Å². The predicted molar refractivity (Wildman–Crippen MR) is 116 cm³/mol. The van der Waals surface area contributed by atoms with E-state index in [0.717, 1.165) is 49.7 Å². The van der Waals surface area contributed by atoms with E-state index in [0.29, 0.717) is 6.42 Å². The molecule has 0 radical (unpaired) electrons. The first-order chi connectivity index (χ1) is 14.2. The molecule has 1 N–H and O–H groups in total. The minimum Gasteiger partial charge on any atom is -0.497 e. The highest BCUT2D eigenvalue weighted by Crippen LogP contribution is 2.21. The zero-order valence-electron chi connectivity index (χ0n) is 16.8. The van der Waals surface area contributed by atoms with Gasteiger partial charge in [0, 0.05) is 49.7 Å². The number of benzene rings is 2. The fourth-order valence-electron chi connectivity index (χ4n) is 3.78. The Bertz CT molecular complexity index is 926. The number of methoxy groups -OCH3 is 1. The molecule has 0 atom stereocenters. The molecule has 1 amide bonds. The van der Waals surface area contributed by atoms with Gasteiger partial charge in [-0.25, -0.2) is 0 Å². The van der Waals surface area contributed by atoms with E-state index in [1.54, 1.807) is 7.11 Å². The monoisotopic (exact) mass is 389 g/mol. The van der Waals surface area contributed by atoms with Crippen LogP contribution in [0.25, 0.3) is 11.3 Å². The van der Waals surface area contributed by atoms with Gasteiger partial charge in [0.05, 0.1) is 7.11 Å². The molecule has 1 aliphatic rings. The lowest BCUT2D eigenvalue weighted by Crippen LogP contribution is -2.48. The van der Waals surface area contributed by atoms with Crippen molar-refractivity contribution in [3.8, 4) is 17.0 Å². The first-order valence-corrected chi connectivity index (χ1v) is 10.1. The Morgan fingerprint density at radius 2 is 1.66 bits per heavy atom. The molecule has 1 saturated heterocycles. The summed E-state index contributed by atoms with van der Waals surface area (Å²) in [6.07, 6.45) is 1.28. The Labute approximate surface area is 171 Å². The molecule has 1 aromatic heterocycles. The van der Waals surface area contributed by atoms with Crippen LogP contribution >= 0.6 is 0 Å². The fraction of sp³-hybridized carbons (Fsp3) is 0.292. The van der Waals surface area contributed by atoms with Crippen LogP contribution in [-0.2, 0) is 11.2 Å². The Balaban J connectivity index is 1.26. The van der Waals surface area contributed by atoms with Gasteiger partial charge in [0.15, 0.2) is 0 Å². The lowest BCUT2D eigenvalue weighted by atomic mass is 10.2. The third-order valence-electron chi connectivity index (χ3n) is 5.51. The molecule has 1 fully saturated rings. The largest absolute Gasteiger partial charge is 0.497 e. The first-order valence-electron chi connectivity index (χ1n) is 10.1. The minimum atomic E-state index is 0.232. The summed E-state index contributed by atoms with van der Waals surface area (Å²) >= 11 is 0. The molecule has 0 aliphatic carbocycles. The number of carbonyl (C=O) groups is 1. The molecule has 5 heteroatoms. The highest BCUT2D eigenvalue weighted by Gasteiger charge is 2.21. The van der Waals surface area contributed by atoms with Crippen LogP contribution in [0.1, 0.15) is 12.1 Å². The van der Waals surface area contributed by atoms with E-state index in [2.05, 4.69) is 46.3 Å². The summed E-state index contributed by atoms with van der Waals surface area (Å²) in [6.45, 7) is 3.26. The van der Waals surface area contributed by atoms with Gasteiger partial charge >= 0.3 is 0 Å². The van der Waals surface area contributed by atoms with Crippen molar-refractivity contribution in [1.29, 1.82) is 0 Å². The van der Waals surface area contributed by atoms with E-state index in [9.17, 15) is 4.79 Å². The van der Waals surface area contributed by atoms with Crippen molar-refractivity contribution in [2.75, 3.05) is 38.2 Å². The maximum Gasteiger partial charge on any atom is 0.223 e. The summed E-state index contributed by atoms with van der Waals surface area (Å²) in [5.41, 5.74) is 4.55. The summed E-state index contributed by atoms with van der Waals surface area (Å²) in [5.74, 6) is 1.09. The number of rotatable bonds is 6. The molecule has 150 valence electrons. The van der Waals surface area contributed by atoms with Gasteiger partial charge in [0.2, 0.25) is 5.91 Å². The van der Waals surface area contributed by atoms with Gasteiger partial charge in [-0.3, -0.25) is 4.79 Å². The zero-order valence-corrected chi connectivity index (χ0v) is 16.8. The number of anilines is 1. The molecular formula is C24H27N3O2. The van der Waals surface area contributed by atoms with Crippen molar-refractivity contribution >= 4 is 11.6 Å². The second-order valence-electron chi connectivity index (χ2n) is 7.33. The van der Waals surface area contributed by atoms with E-state index in [4.69, 9.17) is 4.74 Å². The molecule has 4 rings (SSSR count). The van der Waals surface area contributed by atoms with Crippen LogP contribution in [0.5, 0.6) is 5.75 Å². The van der Waals surface area contributed by atoms with Gasteiger partial charge in [-0.1, -0.05) is 30.3 Å². The molecule has 0 bridgehead atoms. The van der Waals surface area contributed by atoms with Crippen LogP contribution in [0.2, 0.25) is 0 Å². The van der Waals surface area contributed by atoms with Gasteiger partial charge in [-0.15, -0.1) is 0 Å². The van der Waals surface area contributed by atoms with Crippen molar-refractivity contribution in [2.24, 2.45) is 0 Å². The van der Waals surface area contributed by atoms with Crippen LogP contribution in [0.4, 0.5) is 5.69 Å². The molecule has 0 saturated carbocycles. The highest BCUT2D eigenvalue weighted by molar-refractivity contribution is 5.77. The fourth-order valence-corrected chi connectivity index (χ4v) is 3.78. The maximum absolute atomic E-state index is 12.7. The lowest BCUT2D eigenvalue weighted by molar-refractivity contribution is -0.131. The second-order valence-corrected chi connectivity index (χ2v) is 7.33. The van der Waals surface area contributed by atoms with E-state index in [1.807, 2.05) is 35.2 Å². The molecule has 0 unspecified atom stereocenters. The van der Waals surface area contributed by atoms with Crippen molar-refractivity contribution in [3.63, 3.8) is 0 Å². The molecule has 5 nitrogen and oxygen atoms in total. The topological polar surface area (TPSA) is 48.6 Å². The second kappa shape index (κ2) is 8.86. The number of aromatic amines is 1. The van der Waals surface area contributed by atoms with Gasteiger partial charge in [0.1, 0.15) is 5.75 Å². The van der Waals surface area contributed by atoms with Crippen LogP contribution in [-0.4, -0.2) is 49.1 Å². The summed E-state index contributed by atoms with van der Waals surface area (Å²) in [6, 6.07) is 22.5. The summed E-state index contributed by atoms with van der Waals surface area (Å²) in [4.78, 5) is 20.4. The number of aryl methyl sites for hydroxylation is 1. The van der Waals surface area contributed by atoms with Gasteiger partial charge < -0.3 is 19.5 Å². The Morgan fingerprint density at radius 1 is 0.931 bits per heavy atom. The van der Waals surface area contributed by atoms with Gasteiger partial charge in [-0.05, 0) is 48.4 Å². The van der Waals surface area contributed by atoms with Crippen LogP contribution in [0, 0.1) is 0 Å².